The van der Waals surface area contributed by atoms with Gasteiger partial charge in [0, 0.05) is 18.2 Å². The molecule has 0 heterocycles. The molecule has 0 aromatic heterocycles. The fraction of sp³-hybridized carbons (Fsp3) is 0. The zero-order valence-electron chi connectivity index (χ0n) is 8.69. The Morgan fingerprint density at radius 3 is 2.12 bits per heavy atom. The number of benzene rings is 2. The Morgan fingerprint density at radius 1 is 0.941 bits per heavy atom. The minimum absolute atomic E-state index is 0. The number of nitrogens with two attached hydrogens (primary N) is 1. The zero-order valence-corrected chi connectivity index (χ0v) is 9.51. The lowest BCUT2D eigenvalue weighted by molar-refractivity contribution is 0.470. The molecule has 2 rings (SSSR count). The summed E-state index contributed by atoms with van der Waals surface area (Å²) in [5, 5.41) is 0. The molecule has 0 spiro atoms. The summed E-state index contributed by atoms with van der Waals surface area (Å²) < 4.78 is 31.0. The van der Waals surface area contributed by atoms with Crippen molar-refractivity contribution < 1.29 is 13.5 Å². The lowest BCUT2D eigenvalue weighted by Crippen LogP contribution is -1.92. The van der Waals surface area contributed by atoms with Gasteiger partial charge in [-0.3, -0.25) is 0 Å². The maximum absolute atomic E-state index is 12.9. The Hall–Kier alpha value is -1.81. The lowest BCUT2D eigenvalue weighted by atomic mass is 10.3. The minimum Gasteiger partial charge on any atom is -0.455 e. The Kier molecular flexibility index (Phi) is 4.29. The van der Waals surface area contributed by atoms with E-state index in [0.717, 1.165) is 18.2 Å². The number of para-hydroxylation sites is 2. The van der Waals surface area contributed by atoms with E-state index in [-0.39, 0.29) is 18.2 Å². The minimum atomic E-state index is -0.690. The monoisotopic (exact) mass is 257 g/mol. The molecule has 0 aliphatic rings. The van der Waals surface area contributed by atoms with E-state index in [1.165, 1.54) is 0 Å². The Morgan fingerprint density at radius 2 is 1.53 bits per heavy atom. The second-order valence-electron chi connectivity index (χ2n) is 3.25. The quantitative estimate of drug-likeness (QED) is 0.832. The van der Waals surface area contributed by atoms with Crippen LogP contribution < -0.4 is 10.5 Å². The van der Waals surface area contributed by atoms with Crippen molar-refractivity contribution in [2.24, 2.45) is 0 Å². The van der Waals surface area contributed by atoms with Gasteiger partial charge in [-0.25, -0.2) is 8.78 Å². The van der Waals surface area contributed by atoms with Gasteiger partial charge in [0.05, 0.1) is 5.69 Å². The van der Waals surface area contributed by atoms with Crippen molar-refractivity contribution in [1.82, 2.24) is 0 Å². The maximum Gasteiger partial charge on any atom is 0.150 e. The van der Waals surface area contributed by atoms with Crippen LogP contribution in [0.4, 0.5) is 14.5 Å². The van der Waals surface area contributed by atoms with E-state index in [2.05, 4.69) is 0 Å². The van der Waals surface area contributed by atoms with Crippen LogP contribution in [0.3, 0.4) is 0 Å². The molecule has 2 nitrogen and oxygen atoms in total. The van der Waals surface area contributed by atoms with Crippen molar-refractivity contribution in [2.75, 3.05) is 5.73 Å². The van der Waals surface area contributed by atoms with E-state index in [0.29, 0.717) is 11.4 Å². The number of anilines is 1. The Bertz CT molecular complexity index is 499. The van der Waals surface area contributed by atoms with Crippen LogP contribution >= 0.6 is 12.4 Å². The molecule has 0 unspecified atom stereocenters. The molecule has 0 saturated heterocycles. The first-order valence-corrected chi connectivity index (χ1v) is 4.63. The zero-order chi connectivity index (χ0) is 11.5. The lowest BCUT2D eigenvalue weighted by Gasteiger charge is -2.08. The molecule has 0 atom stereocenters. The first kappa shape index (κ1) is 13.3. The molecule has 2 aromatic carbocycles. The van der Waals surface area contributed by atoms with Crippen LogP contribution in [-0.2, 0) is 0 Å². The third kappa shape index (κ3) is 3.32. The molecule has 0 radical (unpaired) electrons. The highest BCUT2D eigenvalue weighted by Gasteiger charge is 2.04. The summed E-state index contributed by atoms with van der Waals surface area (Å²) in [7, 11) is 0. The summed E-state index contributed by atoms with van der Waals surface area (Å²) in [6.45, 7) is 0. The predicted octanol–water partition coefficient (Wildman–Crippen LogP) is 3.76. The third-order valence-electron chi connectivity index (χ3n) is 1.98. The van der Waals surface area contributed by atoms with E-state index in [4.69, 9.17) is 10.5 Å². The van der Waals surface area contributed by atoms with Crippen LogP contribution in [0, 0.1) is 11.6 Å². The SMILES string of the molecule is Cl.Nc1ccccc1Oc1cc(F)cc(F)c1. The number of hydrogen-bond donors (Lipinski definition) is 1. The molecule has 0 bridgehead atoms. The fourth-order valence-electron chi connectivity index (χ4n) is 1.29. The molecular weight excluding hydrogens is 248 g/mol. The second-order valence-corrected chi connectivity index (χ2v) is 3.25. The van der Waals surface area contributed by atoms with E-state index in [9.17, 15) is 8.78 Å². The standard InChI is InChI=1S/C12H9F2NO.ClH/c13-8-5-9(14)7-10(6-8)16-12-4-2-1-3-11(12)15;/h1-7H,15H2;1H. The predicted molar refractivity (Wildman–Crippen MR) is 64.5 cm³/mol. The Labute approximate surface area is 103 Å². The van der Waals surface area contributed by atoms with Crippen molar-refractivity contribution in [1.29, 1.82) is 0 Å². The van der Waals surface area contributed by atoms with E-state index in [1.54, 1.807) is 24.3 Å². The molecule has 0 fully saturated rings. The summed E-state index contributed by atoms with van der Waals surface area (Å²) in [5.41, 5.74) is 6.04. The van der Waals surface area contributed by atoms with Crippen molar-refractivity contribution in [3.05, 3.63) is 54.1 Å². The van der Waals surface area contributed by atoms with E-state index < -0.39 is 11.6 Å². The van der Waals surface area contributed by atoms with Gasteiger partial charge in [0.2, 0.25) is 0 Å². The molecule has 2 N–H and O–H groups in total. The summed E-state index contributed by atoms with van der Waals surface area (Å²) in [5.74, 6) is -0.933. The van der Waals surface area contributed by atoms with Crippen LogP contribution in [0.1, 0.15) is 0 Å². The summed E-state index contributed by atoms with van der Waals surface area (Å²) in [4.78, 5) is 0. The fourth-order valence-corrected chi connectivity index (χ4v) is 1.29. The van der Waals surface area contributed by atoms with Gasteiger partial charge < -0.3 is 10.5 Å². The molecule has 0 aliphatic heterocycles. The topological polar surface area (TPSA) is 35.2 Å². The summed E-state index contributed by atoms with van der Waals surface area (Å²) in [6.07, 6.45) is 0. The highest BCUT2D eigenvalue weighted by Crippen LogP contribution is 2.27. The highest BCUT2D eigenvalue weighted by molar-refractivity contribution is 5.85. The molecule has 0 saturated carbocycles. The van der Waals surface area contributed by atoms with E-state index >= 15 is 0 Å². The van der Waals surface area contributed by atoms with Crippen molar-refractivity contribution in [2.45, 2.75) is 0 Å². The highest BCUT2D eigenvalue weighted by atomic mass is 35.5. The van der Waals surface area contributed by atoms with Crippen LogP contribution in [-0.4, -0.2) is 0 Å². The average Bonchev–Trinajstić information content (AvgIpc) is 2.20. The maximum atomic E-state index is 12.9. The van der Waals surface area contributed by atoms with Crippen molar-refractivity contribution in [3.8, 4) is 11.5 Å². The number of halogens is 3. The van der Waals surface area contributed by atoms with Gasteiger partial charge in [-0.2, -0.15) is 0 Å². The van der Waals surface area contributed by atoms with Gasteiger partial charge >= 0.3 is 0 Å². The van der Waals surface area contributed by atoms with Crippen molar-refractivity contribution in [3.63, 3.8) is 0 Å². The first-order chi connectivity index (χ1) is 7.65. The van der Waals surface area contributed by atoms with Gasteiger partial charge in [-0.1, -0.05) is 12.1 Å². The molecule has 90 valence electrons. The van der Waals surface area contributed by atoms with Gasteiger partial charge in [0.15, 0.2) is 0 Å². The van der Waals surface area contributed by atoms with Crippen LogP contribution in [0.2, 0.25) is 0 Å². The normalized spacial score (nSPS) is 9.53. The molecule has 0 aliphatic carbocycles. The first-order valence-electron chi connectivity index (χ1n) is 4.63. The molecular formula is C12H10ClF2NO. The summed E-state index contributed by atoms with van der Waals surface area (Å²) >= 11 is 0. The number of hydrogen-bond acceptors (Lipinski definition) is 2. The molecule has 5 heteroatoms. The number of rotatable bonds is 2. The molecule has 17 heavy (non-hydrogen) atoms. The van der Waals surface area contributed by atoms with Gasteiger partial charge in [0.25, 0.3) is 0 Å². The van der Waals surface area contributed by atoms with Gasteiger partial charge in [0.1, 0.15) is 23.1 Å². The molecule has 0 amide bonds. The van der Waals surface area contributed by atoms with Crippen LogP contribution in [0.15, 0.2) is 42.5 Å². The van der Waals surface area contributed by atoms with Gasteiger partial charge in [-0.15, -0.1) is 12.4 Å². The average molecular weight is 258 g/mol. The number of nitrogen functional groups attached to an aromatic ring is 1. The molecule has 2 aromatic rings. The number of ether oxygens (including phenoxy) is 1. The largest absolute Gasteiger partial charge is 0.455 e. The smallest absolute Gasteiger partial charge is 0.150 e. The van der Waals surface area contributed by atoms with E-state index in [1.807, 2.05) is 0 Å². The summed E-state index contributed by atoms with van der Waals surface area (Å²) in [6, 6.07) is 9.70. The van der Waals surface area contributed by atoms with Gasteiger partial charge in [-0.05, 0) is 12.1 Å². The Balaban J connectivity index is 0.00000144. The van der Waals surface area contributed by atoms with Crippen LogP contribution in [0.5, 0.6) is 11.5 Å². The second kappa shape index (κ2) is 5.50. The van der Waals surface area contributed by atoms with Crippen LogP contribution in [0.25, 0.3) is 0 Å². The van der Waals surface area contributed by atoms with Crippen molar-refractivity contribution >= 4 is 18.1 Å². The third-order valence-corrected chi connectivity index (χ3v) is 1.98.